The molecule has 0 aromatic carbocycles. The number of Topliss-reactive ketones (excluding diaryl/α,β-unsaturated/α-hetero) is 2. The van der Waals surface area contributed by atoms with Crippen molar-refractivity contribution in [2.24, 2.45) is 0 Å². The van der Waals surface area contributed by atoms with Crippen LogP contribution in [-0.2, 0) is 9.59 Å². The monoisotopic (exact) mass is 436 g/mol. The second-order valence-electron chi connectivity index (χ2n) is 2.53. The summed E-state index contributed by atoms with van der Waals surface area (Å²) in [6.07, 6.45) is 1.08. The van der Waals surface area contributed by atoms with Crippen molar-refractivity contribution in [2.45, 2.75) is 25.4 Å². The van der Waals surface area contributed by atoms with Crippen LogP contribution >= 0.6 is 0 Å². The SMILES string of the molecule is C=CCCC(=O)C(=O)CC([CH2-])O.[Rf]. The normalized spacial score (nSPS) is 11.2. The fourth-order valence-corrected chi connectivity index (χ4v) is 0.700. The second-order valence-corrected chi connectivity index (χ2v) is 2.53. The third-order valence-electron chi connectivity index (χ3n) is 1.31. The fourth-order valence-electron chi connectivity index (χ4n) is 0.700. The maximum atomic E-state index is 10.9. The van der Waals surface area contributed by atoms with Crippen LogP contribution < -0.4 is 0 Å². The number of aliphatic hydroxyl groups excluding tert-OH is 1. The molecule has 1 N–H and O–H groups in total. The minimum Gasteiger partial charge on any atom is -0.425 e. The molecule has 0 aromatic heterocycles. The van der Waals surface area contributed by atoms with E-state index in [1.54, 1.807) is 6.08 Å². The van der Waals surface area contributed by atoms with Gasteiger partial charge in [-0.15, -0.1) is 6.58 Å². The number of allylic oxidation sites excluding steroid dienone is 1. The molecular weight excluding hydrogens is 423 g/mol. The summed E-state index contributed by atoms with van der Waals surface area (Å²) in [6, 6.07) is 0. The van der Waals surface area contributed by atoms with Crippen molar-refractivity contribution in [3.63, 3.8) is 0 Å². The Bertz CT molecular complexity index is 187. The molecule has 0 aliphatic carbocycles. The fraction of sp³-hybridized carbons (Fsp3) is 0.444. The van der Waals surface area contributed by atoms with Gasteiger partial charge in [-0.1, -0.05) is 12.2 Å². The summed E-state index contributed by atoms with van der Waals surface area (Å²) in [6.45, 7) is 6.63. The Morgan fingerprint density at radius 1 is 1.46 bits per heavy atom. The Morgan fingerprint density at radius 3 is 2.38 bits per heavy atom. The van der Waals surface area contributed by atoms with Crippen LogP contribution in [0.2, 0.25) is 0 Å². The molecule has 1 atom stereocenters. The van der Waals surface area contributed by atoms with Crippen LogP contribution in [0, 0.1) is 6.92 Å². The van der Waals surface area contributed by atoms with Crippen LogP contribution in [0.3, 0.4) is 0 Å². The molecule has 13 heavy (non-hydrogen) atoms. The molecule has 0 rings (SSSR count). The van der Waals surface area contributed by atoms with Crippen LogP contribution in [0.25, 0.3) is 0 Å². The number of aliphatic hydroxyl groups is 1. The van der Waals surface area contributed by atoms with Gasteiger partial charge < -0.3 is 12.0 Å². The van der Waals surface area contributed by atoms with E-state index in [0.29, 0.717) is 6.42 Å². The first-order chi connectivity index (χ1) is 5.57. The zero-order valence-electron chi connectivity index (χ0n) is 7.66. The average Bonchev–Trinajstić information content (AvgIpc) is 1.98. The largest absolute Gasteiger partial charge is 0.425 e. The first kappa shape index (κ1) is 13.6. The summed E-state index contributed by atoms with van der Waals surface area (Å²) >= 11 is 0. The summed E-state index contributed by atoms with van der Waals surface area (Å²) in [7, 11) is 0. The Morgan fingerprint density at radius 2 is 2.00 bits per heavy atom. The topological polar surface area (TPSA) is 54.4 Å². The van der Waals surface area contributed by atoms with Crippen LogP contribution in [0.1, 0.15) is 19.3 Å². The zero-order valence-corrected chi connectivity index (χ0v) is 14.1. The smallest absolute Gasteiger partial charge is 0.198 e. The molecule has 1 unspecified atom stereocenters. The number of carbonyl (C=O) groups is 2. The third-order valence-corrected chi connectivity index (χ3v) is 1.31. The van der Waals surface area contributed by atoms with E-state index in [1.165, 1.54) is 0 Å². The van der Waals surface area contributed by atoms with Crippen LogP contribution in [0.5, 0.6) is 0 Å². The number of hydrogen-bond acceptors (Lipinski definition) is 3. The second kappa shape index (κ2) is 6.73. The molecule has 0 spiro atoms. The Labute approximate surface area is 72.1 Å². The minimum absolute atomic E-state index is 0. The number of rotatable bonds is 6. The van der Waals surface area contributed by atoms with Crippen molar-refractivity contribution in [2.75, 3.05) is 0 Å². The molecule has 0 radical (unpaired) electrons. The van der Waals surface area contributed by atoms with E-state index in [4.69, 9.17) is 5.11 Å². The van der Waals surface area contributed by atoms with E-state index in [2.05, 4.69) is 13.5 Å². The van der Waals surface area contributed by atoms with Crippen molar-refractivity contribution in [3.05, 3.63) is 19.6 Å². The Balaban J connectivity index is 0. The van der Waals surface area contributed by atoms with E-state index in [0.717, 1.165) is 0 Å². The summed E-state index contributed by atoms with van der Waals surface area (Å²) in [5.41, 5.74) is 0. The summed E-state index contributed by atoms with van der Waals surface area (Å²) < 4.78 is 0. The molecule has 0 aliphatic rings. The van der Waals surface area contributed by atoms with E-state index in [1.807, 2.05) is 0 Å². The molecule has 0 heterocycles. The molecule has 3 nitrogen and oxygen atoms in total. The summed E-state index contributed by atoms with van der Waals surface area (Å²) in [4.78, 5) is 21.8. The molecule has 0 amide bonds. The molecule has 0 bridgehead atoms. The van der Waals surface area contributed by atoms with Gasteiger partial charge in [-0.05, 0) is 6.42 Å². The molecule has 0 fully saturated rings. The maximum absolute atomic E-state index is 10.9. The number of hydrogen-bond donors (Lipinski definition) is 1. The van der Waals surface area contributed by atoms with E-state index in [9.17, 15) is 9.59 Å². The van der Waals surface area contributed by atoms with Crippen molar-refractivity contribution in [1.82, 2.24) is 0 Å². The maximum Gasteiger partial charge on any atom is 0.198 e. The van der Waals surface area contributed by atoms with Gasteiger partial charge in [0.15, 0.2) is 11.6 Å². The number of ketones is 2. The van der Waals surface area contributed by atoms with Crippen LogP contribution in [0.4, 0.5) is 0 Å². The van der Waals surface area contributed by atoms with Gasteiger partial charge in [0.25, 0.3) is 0 Å². The minimum atomic E-state index is -0.981. The van der Waals surface area contributed by atoms with E-state index < -0.39 is 17.7 Å². The summed E-state index contributed by atoms with van der Waals surface area (Å²) in [5, 5.41) is 8.69. The van der Waals surface area contributed by atoms with Crippen molar-refractivity contribution < 1.29 is 14.7 Å². The first-order valence-corrected chi connectivity index (χ1v) is 3.76. The predicted octanol–water partition coefficient (Wildman–Crippen LogP) is 0.676. The standard InChI is InChI=1S/C9H13O3.Rf/c1-3-4-5-8(11)9(12)6-7(2)10;/h3,7,10H,1-2,4-6H2;/q-1;. The van der Waals surface area contributed by atoms with Gasteiger partial charge in [-0.25, -0.2) is 0 Å². The van der Waals surface area contributed by atoms with Gasteiger partial charge in [-0.3, -0.25) is 9.59 Å². The average molecular weight is 436 g/mol. The summed E-state index contributed by atoms with van der Waals surface area (Å²) in [5.74, 6) is -1.02. The molecule has 4 heteroatoms. The van der Waals surface area contributed by atoms with Gasteiger partial charge >= 0.3 is 0 Å². The first-order valence-electron chi connectivity index (χ1n) is 3.76. The molecule has 0 saturated heterocycles. The molecular formula is C9H13O3Rf-. The van der Waals surface area contributed by atoms with Crippen LogP contribution in [-0.4, -0.2) is 22.8 Å². The van der Waals surface area contributed by atoms with Gasteiger partial charge in [0.05, 0.1) is 0 Å². The van der Waals surface area contributed by atoms with Crippen molar-refractivity contribution in [3.8, 4) is 0 Å². The van der Waals surface area contributed by atoms with Crippen molar-refractivity contribution in [1.29, 1.82) is 0 Å². The van der Waals surface area contributed by atoms with Crippen molar-refractivity contribution >= 4 is 11.6 Å². The Kier molecular flexibility index (Phi) is 7.05. The zero-order chi connectivity index (χ0) is 9.56. The van der Waals surface area contributed by atoms with E-state index >= 15 is 0 Å². The van der Waals surface area contributed by atoms with Gasteiger partial charge in [0, 0.05) is 12.8 Å². The molecule has 0 aliphatic heterocycles. The Hall–Kier alpha value is -1.96. The molecule has 70 valence electrons. The van der Waals surface area contributed by atoms with Gasteiger partial charge in [0.1, 0.15) is 0 Å². The van der Waals surface area contributed by atoms with Crippen LogP contribution in [0.15, 0.2) is 12.7 Å². The van der Waals surface area contributed by atoms with Gasteiger partial charge in [0.2, 0.25) is 0 Å². The van der Waals surface area contributed by atoms with E-state index in [-0.39, 0.29) is 12.8 Å². The quantitative estimate of drug-likeness (QED) is 0.379. The molecule has 0 saturated carbocycles. The van der Waals surface area contributed by atoms with Gasteiger partial charge in [-0.2, -0.15) is 0 Å². The predicted molar refractivity (Wildman–Crippen MR) is 45.4 cm³/mol. The third kappa shape index (κ3) is 6.44. The number of carbonyl (C=O) groups excluding carboxylic acids is 2. The molecule has 0 aromatic rings.